The maximum atomic E-state index is 13.8. The van der Waals surface area contributed by atoms with Crippen molar-refractivity contribution in [2.24, 2.45) is 0 Å². The lowest BCUT2D eigenvalue weighted by Crippen LogP contribution is -2.34. The third-order valence-electron chi connectivity index (χ3n) is 6.18. The summed E-state index contributed by atoms with van der Waals surface area (Å²) in [6.07, 6.45) is 7.38. The highest BCUT2D eigenvalue weighted by atomic mass is 19.3. The van der Waals surface area contributed by atoms with E-state index in [1.807, 2.05) is 6.07 Å². The minimum Gasteiger partial charge on any atom is -0.371 e. The van der Waals surface area contributed by atoms with E-state index in [0.717, 1.165) is 43.6 Å². The Labute approximate surface area is 198 Å². The number of anilines is 3. The predicted octanol–water partition coefficient (Wildman–Crippen LogP) is 5.98. The zero-order valence-corrected chi connectivity index (χ0v) is 20.0. The van der Waals surface area contributed by atoms with Gasteiger partial charge in [0.05, 0.1) is 11.4 Å². The highest BCUT2D eigenvalue weighted by Gasteiger charge is 2.30. The number of nitrogens with zero attached hydrogens (tertiary/aromatic N) is 5. The van der Waals surface area contributed by atoms with E-state index < -0.39 is 12.5 Å². The van der Waals surface area contributed by atoms with Crippen LogP contribution in [0.5, 0.6) is 0 Å². The van der Waals surface area contributed by atoms with Gasteiger partial charge in [0.2, 0.25) is 0 Å². The van der Waals surface area contributed by atoms with Crippen molar-refractivity contribution < 1.29 is 13.6 Å². The van der Waals surface area contributed by atoms with Gasteiger partial charge in [0, 0.05) is 55.0 Å². The molecule has 0 atom stereocenters. The molecule has 4 rings (SSSR count). The van der Waals surface area contributed by atoms with Gasteiger partial charge in [-0.25, -0.2) is 23.5 Å². The first-order chi connectivity index (χ1) is 16.4. The highest BCUT2D eigenvalue weighted by molar-refractivity contribution is 6.03. The molecule has 0 bridgehead atoms. The molecular formula is C25H32F2N6O. The molecule has 182 valence electrons. The van der Waals surface area contributed by atoms with Crippen LogP contribution in [0.4, 0.5) is 30.8 Å². The molecule has 7 nitrogen and oxygen atoms in total. The van der Waals surface area contributed by atoms with E-state index in [1.54, 1.807) is 28.6 Å². The van der Waals surface area contributed by atoms with Crippen molar-refractivity contribution in [3.05, 3.63) is 47.5 Å². The number of rotatable bonds is 9. The fourth-order valence-electron chi connectivity index (χ4n) is 4.59. The lowest BCUT2D eigenvalue weighted by atomic mass is 10.1. The maximum Gasteiger partial charge on any atom is 0.327 e. The Hall–Kier alpha value is -3.23. The van der Waals surface area contributed by atoms with Crippen LogP contribution in [0.25, 0.3) is 5.65 Å². The molecule has 1 N–H and O–H groups in total. The topological polar surface area (TPSA) is 65.8 Å². The molecule has 2 amide bonds. The molecule has 3 aromatic rings. The van der Waals surface area contributed by atoms with Gasteiger partial charge in [-0.05, 0) is 38.3 Å². The number of imidazole rings is 1. The number of aromatic nitrogens is 3. The molecule has 0 spiro atoms. The minimum absolute atomic E-state index is 0.0710. The van der Waals surface area contributed by atoms with Gasteiger partial charge in [0.1, 0.15) is 11.5 Å². The average Bonchev–Trinajstić information content (AvgIpc) is 3.40. The van der Waals surface area contributed by atoms with Crippen molar-refractivity contribution in [3.8, 4) is 0 Å². The Morgan fingerprint density at radius 1 is 1.21 bits per heavy atom. The van der Waals surface area contributed by atoms with Crippen LogP contribution in [-0.4, -0.2) is 40.0 Å². The summed E-state index contributed by atoms with van der Waals surface area (Å²) < 4.78 is 29.1. The molecule has 0 aromatic carbocycles. The van der Waals surface area contributed by atoms with Crippen molar-refractivity contribution in [1.82, 2.24) is 14.4 Å². The second-order valence-corrected chi connectivity index (χ2v) is 8.75. The van der Waals surface area contributed by atoms with E-state index in [-0.39, 0.29) is 11.3 Å². The van der Waals surface area contributed by atoms with E-state index in [9.17, 15) is 13.6 Å². The van der Waals surface area contributed by atoms with Gasteiger partial charge in [-0.2, -0.15) is 0 Å². The molecule has 1 aliphatic rings. The molecule has 9 heteroatoms. The van der Waals surface area contributed by atoms with Crippen LogP contribution in [0.15, 0.2) is 30.7 Å². The Morgan fingerprint density at radius 3 is 2.76 bits per heavy atom. The normalized spacial score (nSPS) is 13.1. The zero-order valence-electron chi connectivity index (χ0n) is 20.0. The number of pyridine rings is 2. The predicted molar refractivity (Wildman–Crippen MR) is 131 cm³/mol. The van der Waals surface area contributed by atoms with Gasteiger partial charge in [-0.15, -0.1) is 0 Å². The van der Waals surface area contributed by atoms with Gasteiger partial charge in [0.15, 0.2) is 0 Å². The second kappa shape index (κ2) is 10.4. The lowest BCUT2D eigenvalue weighted by Gasteiger charge is -2.26. The molecule has 34 heavy (non-hydrogen) atoms. The van der Waals surface area contributed by atoms with Crippen LogP contribution in [0.3, 0.4) is 0 Å². The summed E-state index contributed by atoms with van der Waals surface area (Å²) in [6.45, 7) is 8.50. The molecule has 0 aliphatic carbocycles. The fourth-order valence-corrected chi connectivity index (χ4v) is 4.59. The van der Waals surface area contributed by atoms with Crippen molar-refractivity contribution in [2.75, 3.05) is 34.8 Å². The fraction of sp³-hybridized carbons (Fsp3) is 0.480. The third-order valence-corrected chi connectivity index (χ3v) is 6.18. The van der Waals surface area contributed by atoms with Crippen LogP contribution in [0.1, 0.15) is 62.8 Å². The second-order valence-electron chi connectivity index (χ2n) is 8.75. The number of hydrogen-bond acceptors (Lipinski definition) is 4. The van der Waals surface area contributed by atoms with Crippen molar-refractivity contribution in [2.45, 2.75) is 59.3 Å². The quantitative estimate of drug-likeness (QED) is 0.391. The molecule has 0 fully saturated rings. The van der Waals surface area contributed by atoms with E-state index in [2.05, 4.69) is 34.0 Å². The first-order valence-corrected chi connectivity index (χ1v) is 12.0. The standard InChI is InChI=1S/C25H32F2N6O/c1-4-6-7-12-31(11-5-2)21-8-10-28-24-18(21)9-13-33(24)25(34)30-20-16-32-15-17(3)29-22(32)14-19(20)23(26)27/h8,10,14-16,23H,4-7,9,11-13H2,1-3H3,(H,30,34). The summed E-state index contributed by atoms with van der Waals surface area (Å²) in [6, 6.07) is 2.88. The summed E-state index contributed by atoms with van der Waals surface area (Å²) in [5.41, 5.74) is 3.10. The summed E-state index contributed by atoms with van der Waals surface area (Å²) in [5, 5.41) is 2.70. The Balaban J connectivity index is 1.59. The van der Waals surface area contributed by atoms with Crippen molar-refractivity contribution in [3.63, 3.8) is 0 Å². The van der Waals surface area contributed by atoms with Crippen LogP contribution in [-0.2, 0) is 6.42 Å². The number of halogens is 2. The van der Waals surface area contributed by atoms with Gasteiger partial charge < -0.3 is 14.6 Å². The number of alkyl halides is 2. The summed E-state index contributed by atoms with van der Waals surface area (Å²) in [5.74, 6) is 0.602. The molecule has 4 heterocycles. The number of unbranched alkanes of at least 4 members (excludes halogenated alkanes) is 2. The largest absolute Gasteiger partial charge is 0.371 e. The molecule has 0 unspecified atom stereocenters. The summed E-state index contributed by atoms with van der Waals surface area (Å²) in [7, 11) is 0. The number of fused-ring (bicyclic) bond motifs is 2. The molecule has 0 saturated heterocycles. The first-order valence-electron chi connectivity index (χ1n) is 12.0. The molecule has 0 saturated carbocycles. The van der Waals surface area contributed by atoms with Crippen LogP contribution in [0.2, 0.25) is 0 Å². The highest BCUT2D eigenvalue weighted by Crippen LogP contribution is 2.35. The third kappa shape index (κ3) is 4.83. The summed E-state index contributed by atoms with van der Waals surface area (Å²) in [4.78, 5) is 25.9. The van der Waals surface area contributed by atoms with E-state index in [1.165, 1.54) is 18.7 Å². The molecule has 3 aromatic heterocycles. The Morgan fingerprint density at radius 2 is 2.03 bits per heavy atom. The first kappa shape index (κ1) is 23.9. The molecule has 0 radical (unpaired) electrons. The number of carbonyl (C=O) groups excluding carboxylic acids is 1. The van der Waals surface area contributed by atoms with Crippen LogP contribution < -0.4 is 15.1 Å². The van der Waals surface area contributed by atoms with Gasteiger partial charge in [0.25, 0.3) is 6.43 Å². The minimum atomic E-state index is -2.74. The smallest absolute Gasteiger partial charge is 0.327 e. The number of amides is 2. The monoisotopic (exact) mass is 470 g/mol. The molecule has 1 aliphatic heterocycles. The van der Waals surface area contributed by atoms with Gasteiger partial charge in [-0.3, -0.25) is 4.90 Å². The van der Waals surface area contributed by atoms with Crippen molar-refractivity contribution in [1.29, 1.82) is 0 Å². The molecular weight excluding hydrogens is 438 g/mol. The van der Waals surface area contributed by atoms with E-state index in [4.69, 9.17) is 0 Å². The number of urea groups is 1. The lowest BCUT2D eigenvalue weighted by molar-refractivity contribution is 0.152. The van der Waals surface area contributed by atoms with Crippen LogP contribution >= 0.6 is 0 Å². The van der Waals surface area contributed by atoms with Crippen LogP contribution in [0, 0.1) is 6.92 Å². The number of aryl methyl sites for hydroxylation is 1. The average molecular weight is 471 g/mol. The van der Waals surface area contributed by atoms with E-state index in [0.29, 0.717) is 30.1 Å². The summed E-state index contributed by atoms with van der Waals surface area (Å²) >= 11 is 0. The van der Waals surface area contributed by atoms with Crippen molar-refractivity contribution >= 4 is 28.9 Å². The van der Waals surface area contributed by atoms with Gasteiger partial charge in [-0.1, -0.05) is 26.7 Å². The van der Waals surface area contributed by atoms with E-state index >= 15 is 0 Å². The number of carbonyl (C=O) groups is 1. The Bertz CT molecular complexity index is 1160. The van der Waals surface area contributed by atoms with Gasteiger partial charge >= 0.3 is 6.03 Å². The zero-order chi connectivity index (χ0) is 24.2. The number of nitrogens with one attached hydrogen (secondary N) is 1. The maximum absolute atomic E-state index is 13.8. The number of hydrogen-bond donors (Lipinski definition) is 1. The SMILES string of the molecule is CCCCCN(CCC)c1ccnc2c1CCN2C(=O)Nc1cn2cc(C)nc2cc1C(F)F. The Kier molecular flexibility index (Phi) is 7.29.